The van der Waals surface area contributed by atoms with Crippen LogP contribution in [0, 0.1) is 0 Å². The van der Waals surface area contributed by atoms with Crippen LogP contribution in [0.4, 0.5) is 5.82 Å². The average molecular weight is 385 g/mol. The monoisotopic (exact) mass is 385 g/mol. The van der Waals surface area contributed by atoms with Crippen molar-refractivity contribution in [3.8, 4) is 0 Å². The van der Waals surface area contributed by atoms with Gasteiger partial charge in [0.25, 0.3) is 0 Å². The van der Waals surface area contributed by atoms with Gasteiger partial charge in [0.05, 0.1) is 5.52 Å². The van der Waals surface area contributed by atoms with Crippen molar-refractivity contribution in [1.29, 1.82) is 0 Å². The third-order valence-corrected chi connectivity index (χ3v) is 2.78. The van der Waals surface area contributed by atoms with Crippen LogP contribution in [0.15, 0.2) is 41.4 Å². The van der Waals surface area contributed by atoms with Crippen molar-refractivity contribution in [2.45, 2.75) is 0 Å². The lowest BCUT2D eigenvalue weighted by molar-refractivity contribution is 0.863. The summed E-state index contributed by atoms with van der Waals surface area (Å²) in [7, 11) is 3.59. The van der Waals surface area contributed by atoms with Crippen molar-refractivity contribution in [3.05, 3.63) is 36.4 Å². The first kappa shape index (κ1) is 16.5. The molecule has 2 aromatic rings. The molecule has 20 heavy (non-hydrogen) atoms. The summed E-state index contributed by atoms with van der Waals surface area (Å²) in [6, 6.07) is 12.2. The SMILES string of the molecule is CN=C(NC)NCCNc1ccc2ccccc2n1.I. The summed E-state index contributed by atoms with van der Waals surface area (Å²) in [4.78, 5) is 8.59. The molecule has 0 aliphatic heterocycles. The van der Waals surface area contributed by atoms with E-state index in [4.69, 9.17) is 0 Å². The number of hydrogen-bond donors (Lipinski definition) is 3. The summed E-state index contributed by atoms with van der Waals surface area (Å²) < 4.78 is 0. The van der Waals surface area contributed by atoms with Crippen molar-refractivity contribution in [3.63, 3.8) is 0 Å². The lowest BCUT2D eigenvalue weighted by Gasteiger charge is -2.10. The Morgan fingerprint density at radius 3 is 2.70 bits per heavy atom. The summed E-state index contributed by atoms with van der Waals surface area (Å²) in [5.74, 6) is 1.67. The van der Waals surface area contributed by atoms with Crippen molar-refractivity contribution in [2.24, 2.45) is 4.99 Å². The van der Waals surface area contributed by atoms with Gasteiger partial charge in [-0.25, -0.2) is 4.98 Å². The number of pyridine rings is 1. The zero-order valence-corrected chi connectivity index (χ0v) is 14.0. The van der Waals surface area contributed by atoms with E-state index >= 15 is 0 Å². The Labute approximate surface area is 136 Å². The number of para-hydroxylation sites is 1. The minimum absolute atomic E-state index is 0. The molecule has 0 spiro atoms. The maximum Gasteiger partial charge on any atom is 0.190 e. The predicted molar refractivity (Wildman–Crippen MR) is 96.1 cm³/mol. The standard InChI is InChI=1S/C14H19N5.HI/c1-15-14(16-2)18-10-9-17-13-8-7-11-5-3-4-6-12(11)19-13;/h3-8H,9-10H2,1-2H3,(H,17,19)(H2,15,16,18);1H. The van der Waals surface area contributed by atoms with E-state index in [1.807, 2.05) is 31.3 Å². The topological polar surface area (TPSA) is 61.3 Å². The molecular weight excluding hydrogens is 365 g/mol. The summed E-state index contributed by atoms with van der Waals surface area (Å²) in [6.07, 6.45) is 0. The first-order chi connectivity index (χ1) is 9.33. The van der Waals surface area contributed by atoms with Crippen LogP contribution in [-0.4, -0.2) is 38.1 Å². The number of aliphatic imine (C=N–C) groups is 1. The Bertz CT molecular complexity index is 570. The van der Waals surface area contributed by atoms with Crippen LogP contribution in [0.2, 0.25) is 0 Å². The number of nitrogens with one attached hydrogen (secondary N) is 3. The number of aromatic nitrogens is 1. The van der Waals surface area contributed by atoms with Crippen molar-refractivity contribution in [1.82, 2.24) is 15.6 Å². The number of benzene rings is 1. The fraction of sp³-hybridized carbons (Fsp3) is 0.286. The Kier molecular flexibility index (Phi) is 7.06. The average Bonchev–Trinajstić information content (AvgIpc) is 2.47. The van der Waals surface area contributed by atoms with Gasteiger partial charge >= 0.3 is 0 Å². The van der Waals surface area contributed by atoms with E-state index in [1.165, 1.54) is 0 Å². The number of hydrogen-bond acceptors (Lipinski definition) is 3. The van der Waals surface area contributed by atoms with Gasteiger partial charge in [-0.2, -0.15) is 0 Å². The van der Waals surface area contributed by atoms with E-state index in [0.29, 0.717) is 0 Å². The van der Waals surface area contributed by atoms with Crippen molar-refractivity contribution < 1.29 is 0 Å². The molecule has 1 aromatic heterocycles. The van der Waals surface area contributed by atoms with Crippen LogP contribution in [0.1, 0.15) is 0 Å². The summed E-state index contributed by atoms with van der Waals surface area (Å²) >= 11 is 0. The van der Waals surface area contributed by atoms with Gasteiger partial charge in [0, 0.05) is 32.6 Å². The number of anilines is 1. The molecule has 0 radical (unpaired) electrons. The molecule has 2 rings (SSSR count). The van der Waals surface area contributed by atoms with E-state index in [-0.39, 0.29) is 24.0 Å². The lowest BCUT2D eigenvalue weighted by Crippen LogP contribution is -2.37. The second-order valence-corrected chi connectivity index (χ2v) is 4.06. The number of rotatable bonds is 4. The Hall–Kier alpha value is -1.57. The molecule has 0 unspecified atom stereocenters. The van der Waals surface area contributed by atoms with Gasteiger partial charge < -0.3 is 16.0 Å². The molecule has 0 bridgehead atoms. The van der Waals surface area contributed by atoms with Crippen molar-refractivity contribution >= 4 is 46.7 Å². The quantitative estimate of drug-likeness (QED) is 0.326. The van der Waals surface area contributed by atoms with E-state index in [9.17, 15) is 0 Å². The molecule has 1 heterocycles. The van der Waals surface area contributed by atoms with Crippen molar-refractivity contribution in [2.75, 3.05) is 32.5 Å². The van der Waals surface area contributed by atoms with E-state index in [2.05, 4.69) is 38.1 Å². The minimum Gasteiger partial charge on any atom is -0.368 e. The smallest absolute Gasteiger partial charge is 0.190 e. The number of nitrogens with zero attached hydrogens (tertiary/aromatic N) is 2. The third-order valence-electron chi connectivity index (χ3n) is 2.78. The normalized spacial score (nSPS) is 10.8. The zero-order valence-electron chi connectivity index (χ0n) is 11.7. The molecule has 108 valence electrons. The molecule has 1 aromatic carbocycles. The van der Waals surface area contributed by atoms with Gasteiger partial charge in [0.1, 0.15) is 5.82 Å². The fourth-order valence-corrected chi connectivity index (χ4v) is 1.82. The number of fused-ring (bicyclic) bond motifs is 1. The molecule has 0 aliphatic carbocycles. The predicted octanol–water partition coefficient (Wildman–Crippen LogP) is 2.06. The molecule has 3 N–H and O–H groups in total. The van der Waals surface area contributed by atoms with Gasteiger partial charge in [0.2, 0.25) is 0 Å². The number of halogens is 1. The first-order valence-electron chi connectivity index (χ1n) is 6.31. The van der Waals surface area contributed by atoms with E-state index < -0.39 is 0 Å². The van der Waals surface area contributed by atoms with Crippen LogP contribution in [-0.2, 0) is 0 Å². The highest BCUT2D eigenvalue weighted by atomic mass is 127. The fourth-order valence-electron chi connectivity index (χ4n) is 1.82. The van der Waals surface area contributed by atoms with Gasteiger partial charge in [-0.3, -0.25) is 4.99 Å². The Morgan fingerprint density at radius 1 is 1.15 bits per heavy atom. The largest absolute Gasteiger partial charge is 0.368 e. The highest BCUT2D eigenvalue weighted by Gasteiger charge is 1.97. The zero-order chi connectivity index (χ0) is 13.5. The molecule has 0 aliphatic rings. The second kappa shape index (κ2) is 8.57. The molecule has 6 heteroatoms. The Morgan fingerprint density at radius 2 is 1.95 bits per heavy atom. The number of guanidine groups is 1. The summed E-state index contributed by atoms with van der Waals surface area (Å²) in [6.45, 7) is 1.56. The highest BCUT2D eigenvalue weighted by Crippen LogP contribution is 2.13. The van der Waals surface area contributed by atoms with Gasteiger partial charge in [-0.1, -0.05) is 18.2 Å². The maximum absolute atomic E-state index is 4.55. The maximum atomic E-state index is 4.55. The molecular formula is C14H20IN5. The van der Waals surface area contributed by atoms with Crippen LogP contribution >= 0.6 is 24.0 Å². The van der Waals surface area contributed by atoms with Gasteiger partial charge in [0.15, 0.2) is 5.96 Å². The molecule has 0 atom stereocenters. The lowest BCUT2D eigenvalue weighted by atomic mass is 10.2. The summed E-state index contributed by atoms with van der Waals surface area (Å²) in [5.41, 5.74) is 1.01. The van der Waals surface area contributed by atoms with Gasteiger partial charge in [-0.05, 0) is 18.2 Å². The Balaban J connectivity index is 0.00000200. The van der Waals surface area contributed by atoms with Crippen LogP contribution in [0.5, 0.6) is 0 Å². The molecule has 0 saturated heterocycles. The summed E-state index contributed by atoms with van der Waals surface area (Å²) in [5, 5.41) is 10.6. The molecule has 0 fully saturated rings. The molecule has 0 saturated carbocycles. The highest BCUT2D eigenvalue weighted by molar-refractivity contribution is 14.0. The van der Waals surface area contributed by atoms with E-state index in [0.717, 1.165) is 35.8 Å². The third kappa shape index (κ3) is 4.52. The first-order valence-corrected chi connectivity index (χ1v) is 6.31. The van der Waals surface area contributed by atoms with E-state index in [1.54, 1.807) is 7.05 Å². The second-order valence-electron chi connectivity index (χ2n) is 4.06. The van der Waals surface area contributed by atoms with Crippen LogP contribution in [0.3, 0.4) is 0 Å². The molecule has 5 nitrogen and oxygen atoms in total. The van der Waals surface area contributed by atoms with Crippen LogP contribution in [0.25, 0.3) is 10.9 Å². The molecule has 0 amide bonds. The van der Waals surface area contributed by atoms with Crippen LogP contribution < -0.4 is 16.0 Å². The minimum atomic E-state index is 0. The van der Waals surface area contributed by atoms with Gasteiger partial charge in [-0.15, -0.1) is 24.0 Å².